The van der Waals surface area contributed by atoms with Gasteiger partial charge in [0.1, 0.15) is 6.54 Å². The molecule has 1 fully saturated rings. The number of nitrogens with one attached hydrogen (secondary N) is 1. The van der Waals surface area contributed by atoms with Crippen LogP contribution in [0.4, 0.5) is 18.9 Å². The van der Waals surface area contributed by atoms with Crippen molar-refractivity contribution in [2.75, 3.05) is 31.6 Å². The zero-order valence-corrected chi connectivity index (χ0v) is 16.0. The lowest BCUT2D eigenvalue weighted by molar-refractivity contribution is -0.142. The molecule has 1 aliphatic carbocycles. The van der Waals surface area contributed by atoms with Gasteiger partial charge in [0.15, 0.2) is 5.69 Å². The van der Waals surface area contributed by atoms with Crippen LogP contribution in [0.2, 0.25) is 0 Å². The standard InChI is InChI=1S/C20H23F3N4O2/c21-20(22,23)19-15-5-3-7-17(15)27(25-19)13-18(28)24-16-6-2-1-4-14(16)12-26-8-10-29-11-9-26/h1-2,4,6H,3,5,7-13H2,(H,24,28). The number of morpholine rings is 1. The number of carbonyl (C=O) groups excluding carboxylic acids is 1. The van der Waals surface area contributed by atoms with Gasteiger partial charge in [-0.15, -0.1) is 0 Å². The molecule has 29 heavy (non-hydrogen) atoms. The molecule has 1 aromatic carbocycles. The maximum atomic E-state index is 13.2. The highest BCUT2D eigenvalue weighted by molar-refractivity contribution is 5.91. The third kappa shape index (κ3) is 4.45. The van der Waals surface area contributed by atoms with E-state index in [1.165, 1.54) is 4.68 Å². The highest BCUT2D eigenvalue weighted by Gasteiger charge is 2.40. The first-order valence-corrected chi connectivity index (χ1v) is 9.75. The number of fused-ring (bicyclic) bond motifs is 1. The molecule has 0 atom stereocenters. The Labute approximate surface area is 166 Å². The van der Waals surface area contributed by atoms with E-state index in [4.69, 9.17) is 4.74 Å². The zero-order chi connectivity index (χ0) is 20.4. The van der Waals surface area contributed by atoms with Gasteiger partial charge >= 0.3 is 6.18 Å². The maximum absolute atomic E-state index is 13.2. The highest BCUT2D eigenvalue weighted by atomic mass is 19.4. The van der Waals surface area contributed by atoms with Crippen molar-refractivity contribution in [3.63, 3.8) is 0 Å². The minimum atomic E-state index is -4.50. The number of rotatable bonds is 5. The van der Waals surface area contributed by atoms with Gasteiger partial charge in [-0.1, -0.05) is 18.2 Å². The number of ether oxygens (including phenoxy) is 1. The molecule has 9 heteroatoms. The number of hydrogen-bond donors (Lipinski definition) is 1. The van der Waals surface area contributed by atoms with Gasteiger partial charge in [0.25, 0.3) is 0 Å². The lowest BCUT2D eigenvalue weighted by Gasteiger charge is -2.27. The van der Waals surface area contributed by atoms with Gasteiger partial charge in [-0.05, 0) is 30.9 Å². The van der Waals surface area contributed by atoms with Crippen LogP contribution in [0.15, 0.2) is 24.3 Å². The first-order chi connectivity index (χ1) is 13.9. The quantitative estimate of drug-likeness (QED) is 0.827. The van der Waals surface area contributed by atoms with Gasteiger partial charge < -0.3 is 10.1 Å². The molecule has 1 aromatic heterocycles. The van der Waals surface area contributed by atoms with Crippen LogP contribution in [-0.2, 0) is 41.6 Å². The molecule has 2 aromatic rings. The van der Waals surface area contributed by atoms with Crippen LogP contribution in [0, 0.1) is 0 Å². The van der Waals surface area contributed by atoms with Gasteiger partial charge in [-0.2, -0.15) is 18.3 Å². The van der Waals surface area contributed by atoms with Gasteiger partial charge in [0.05, 0.1) is 13.2 Å². The number of carbonyl (C=O) groups is 1. The SMILES string of the molecule is O=C(Cn1nc(C(F)(F)F)c2c1CCC2)Nc1ccccc1CN1CCOCC1. The molecule has 6 nitrogen and oxygen atoms in total. The van der Waals surface area contributed by atoms with Gasteiger partial charge in [0, 0.05) is 36.6 Å². The second kappa shape index (κ2) is 8.16. The Morgan fingerprint density at radius 3 is 2.69 bits per heavy atom. The average Bonchev–Trinajstić information content (AvgIpc) is 3.27. The summed E-state index contributed by atoms with van der Waals surface area (Å²) in [4.78, 5) is 14.8. The normalized spacial score (nSPS) is 17.3. The summed E-state index contributed by atoms with van der Waals surface area (Å²) in [6, 6.07) is 7.48. The highest BCUT2D eigenvalue weighted by Crippen LogP contribution is 2.36. The van der Waals surface area contributed by atoms with E-state index in [0.29, 0.717) is 50.4 Å². The summed E-state index contributed by atoms with van der Waals surface area (Å²) in [5, 5.41) is 6.56. The molecule has 1 aliphatic heterocycles. The molecule has 0 unspecified atom stereocenters. The van der Waals surface area contributed by atoms with E-state index in [9.17, 15) is 18.0 Å². The minimum absolute atomic E-state index is 0.232. The van der Waals surface area contributed by atoms with E-state index in [1.807, 2.05) is 24.3 Å². The molecule has 0 spiro atoms. The molecule has 4 rings (SSSR count). The van der Waals surface area contributed by atoms with Crippen molar-refractivity contribution in [3.8, 4) is 0 Å². The number of nitrogens with zero attached hydrogens (tertiary/aromatic N) is 3. The summed E-state index contributed by atoms with van der Waals surface area (Å²) in [6.07, 6.45) is -2.98. The molecule has 0 radical (unpaired) electrons. The van der Waals surface area contributed by atoms with Crippen LogP contribution >= 0.6 is 0 Å². The van der Waals surface area contributed by atoms with Crippen molar-refractivity contribution in [1.82, 2.24) is 14.7 Å². The number of hydrogen-bond acceptors (Lipinski definition) is 4. The van der Waals surface area contributed by atoms with Crippen LogP contribution in [0.5, 0.6) is 0 Å². The number of anilines is 1. The van der Waals surface area contributed by atoms with Crippen molar-refractivity contribution in [3.05, 3.63) is 46.8 Å². The number of para-hydroxylation sites is 1. The monoisotopic (exact) mass is 408 g/mol. The molecule has 2 heterocycles. The fraction of sp³-hybridized carbons (Fsp3) is 0.500. The van der Waals surface area contributed by atoms with E-state index in [2.05, 4.69) is 15.3 Å². The second-order valence-electron chi connectivity index (χ2n) is 7.38. The number of halogens is 3. The third-order valence-corrected chi connectivity index (χ3v) is 5.36. The van der Waals surface area contributed by atoms with Crippen molar-refractivity contribution in [2.45, 2.75) is 38.5 Å². The second-order valence-corrected chi connectivity index (χ2v) is 7.38. The summed E-state index contributed by atoms with van der Waals surface area (Å²) in [5.74, 6) is -0.384. The van der Waals surface area contributed by atoms with Crippen molar-refractivity contribution in [1.29, 1.82) is 0 Å². The van der Waals surface area contributed by atoms with E-state index in [1.54, 1.807) is 0 Å². The number of aromatic nitrogens is 2. The Hall–Kier alpha value is -2.39. The Balaban J connectivity index is 1.47. The molecule has 2 aliphatic rings. The molecule has 1 saturated heterocycles. The summed E-state index contributed by atoms with van der Waals surface area (Å²) in [6.45, 7) is 3.45. The minimum Gasteiger partial charge on any atom is -0.379 e. The van der Waals surface area contributed by atoms with Crippen LogP contribution in [0.3, 0.4) is 0 Å². The third-order valence-electron chi connectivity index (χ3n) is 5.36. The molecular weight excluding hydrogens is 385 g/mol. The molecule has 0 saturated carbocycles. The van der Waals surface area contributed by atoms with Crippen LogP contribution < -0.4 is 5.32 Å². The van der Waals surface area contributed by atoms with E-state index >= 15 is 0 Å². The fourth-order valence-corrected chi connectivity index (χ4v) is 3.97. The first kappa shape index (κ1) is 19.9. The van der Waals surface area contributed by atoms with E-state index in [-0.39, 0.29) is 18.0 Å². The summed E-state index contributed by atoms with van der Waals surface area (Å²) in [5.41, 5.74) is 1.53. The Kier molecular flexibility index (Phi) is 5.60. The Morgan fingerprint density at radius 1 is 1.17 bits per heavy atom. The molecule has 1 amide bonds. The number of amides is 1. The molecule has 0 bridgehead atoms. The Morgan fingerprint density at radius 2 is 1.93 bits per heavy atom. The first-order valence-electron chi connectivity index (χ1n) is 9.75. The van der Waals surface area contributed by atoms with Gasteiger partial charge in [-0.25, -0.2) is 0 Å². The van der Waals surface area contributed by atoms with Gasteiger partial charge in [0.2, 0.25) is 5.91 Å². The van der Waals surface area contributed by atoms with E-state index < -0.39 is 11.9 Å². The summed E-state index contributed by atoms with van der Waals surface area (Å²) in [7, 11) is 0. The van der Waals surface area contributed by atoms with Crippen LogP contribution in [0.25, 0.3) is 0 Å². The number of benzene rings is 1. The van der Waals surface area contributed by atoms with Crippen molar-refractivity contribution in [2.24, 2.45) is 0 Å². The predicted octanol–water partition coefficient (Wildman–Crippen LogP) is 2.86. The summed E-state index contributed by atoms with van der Waals surface area (Å²) < 4.78 is 46.3. The largest absolute Gasteiger partial charge is 0.435 e. The molecule has 1 N–H and O–H groups in total. The smallest absolute Gasteiger partial charge is 0.379 e. The zero-order valence-electron chi connectivity index (χ0n) is 16.0. The maximum Gasteiger partial charge on any atom is 0.435 e. The molecule has 156 valence electrons. The lowest BCUT2D eigenvalue weighted by Crippen LogP contribution is -2.36. The average molecular weight is 408 g/mol. The molecular formula is C20H23F3N4O2. The van der Waals surface area contributed by atoms with Crippen molar-refractivity contribution >= 4 is 11.6 Å². The lowest BCUT2D eigenvalue weighted by atomic mass is 10.1. The van der Waals surface area contributed by atoms with Crippen LogP contribution in [0.1, 0.15) is 28.9 Å². The Bertz CT molecular complexity index is 888. The topological polar surface area (TPSA) is 59.4 Å². The van der Waals surface area contributed by atoms with Crippen LogP contribution in [-0.4, -0.2) is 46.9 Å². The number of alkyl halides is 3. The predicted molar refractivity (Wildman–Crippen MR) is 100 cm³/mol. The summed E-state index contributed by atoms with van der Waals surface area (Å²) >= 11 is 0. The van der Waals surface area contributed by atoms with Crippen molar-refractivity contribution < 1.29 is 22.7 Å². The fourth-order valence-electron chi connectivity index (χ4n) is 3.97. The van der Waals surface area contributed by atoms with Gasteiger partial charge in [-0.3, -0.25) is 14.4 Å². The van der Waals surface area contributed by atoms with E-state index in [0.717, 1.165) is 18.7 Å².